The van der Waals surface area contributed by atoms with Crippen LogP contribution >= 0.6 is 0 Å². The largest absolute Gasteiger partial charge is 0.358 e. The van der Waals surface area contributed by atoms with E-state index >= 15 is 0 Å². The van der Waals surface area contributed by atoms with Gasteiger partial charge in [0.15, 0.2) is 0 Å². The van der Waals surface area contributed by atoms with Crippen LogP contribution in [0.1, 0.15) is 104 Å². The summed E-state index contributed by atoms with van der Waals surface area (Å²) < 4.78 is 0. The molecule has 0 radical (unpaired) electrons. The molecule has 0 heterocycles. The fourth-order valence-corrected chi connectivity index (χ4v) is 2.95. The van der Waals surface area contributed by atoms with Crippen molar-refractivity contribution in [2.75, 3.05) is 0 Å². The van der Waals surface area contributed by atoms with Crippen LogP contribution in [-0.2, 0) is 14.4 Å². The highest BCUT2D eigenvalue weighted by molar-refractivity contribution is 5.88. The summed E-state index contributed by atoms with van der Waals surface area (Å²) in [6.07, 6.45) is 19.5. The number of hydroxylamine groups is 1. The number of amides is 1. The molecule has 0 aliphatic heterocycles. The monoisotopic (exact) mass is 379 g/mol. The SMILES string of the molecule is C=C(C)C(=O)ONC(=O)C(CCC)CCCCCC/C=C\CCCCCC. The molecular weight excluding hydrogens is 338 g/mol. The first-order valence-electron chi connectivity index (χ1n) is 10.8. The third-order valence-corrected chi connectivity index (χ3v) is 4.67. The van der Waals surface area contributed by atoms with E-state index < -0.39 is 5.97 Å². The molecule has 1 amide bonds. The molecule has 0 bridgehead atoms. The lowest BCUT2D eigenvalue weighted by molar-refractivity contribution is -0.156. The third-order valence-electron chi connectivity index (χ3n) is 4.67. The van der Waals surface area contributed by atoms with Crippen molar-refractivity contribution in [1.29, 1.82) is 0 Å². The predicted molar refractivity (Wildman–Crippen MR) is 113 cm³/mol. The van der Waals surface area contributed by atoms with Gasteiger partial charge in [-0.15, -0.1) is 0 Å². The van der Waals surface area contributed by atoms with Gasteiger partial charge in [-0.1, -0.05) is 77.5 Å². The summed E-state index contributed by atoms with van der Waals surface area (Å²) in [6, 6.07) is 0. The van der Waals surface area contributed by atoms with Crippen LogP contribution in [0, 0.1) is 5.92 Å². The first kappa shape index (κ1) is 25.4. The van der Waals surface area contributed by atoms with E-state index in [9.17, 15) is 9.59 Å². The van der Waals surface area contributed by atoms with Crippen LogP contribution in [0.2, 0.25) is 0 Å². The molecule has 0 aromatic carbocycles. The van der Waals surface area contributed by atoms with Crippen molar-refractivity contribution in [2.45, 2.75) is 104 Å². The molecule has 4 nitrogen and oxygen atoms in total. The Morgan fingerprint density at radius 1 is 0.889 bits per heavy atom. The molecule has 27 heavy (non-hydrogen) atoms. The molecule has 0 spiro atoms. The number of hydrogen-bond donors (Lipinski definition) is 1. The van der Waals surface area contributed by atoms with Crippen LogP contribution in [0.4, 0.5) is 0 Å². The van der Waals surface area contributed by atoms with Gasteiger partial charge in [0.2, 0.25) is 0 Å². The van der Waals surface area contributed by atoms with Crippen molar-refractivity contribution in [3.05, 3.63) is 24.3 Å². The Bertz CT molecular complexity index is 443. The van der Waals surface area contributed by atoms with Crippen molar-refractivity contribution in [3.63, 3.8) is 0 Å². The van der Waals surface area contributed by atoms with E-state index in [2.05, 4.69) is 38.1 Å². The van der Waals surface area contributed by atoms with Crippen molar-refractivity contribution < 1.29 is 14.4 Å². The van der Waals surface area contributed by atoms with E-state index in [1.54, 1.807) is 6.92 Å². The van der Waals surface area contributed by atoms with Gasteiger partial charge in [0.1, 0.15) is 0 Å². The topological polar surface area (TPSA) is 55.4 Å². The molecule has 0 aromatic heterocycles. The van der Waals surface area contributed by atoms with Crippen molar-refractivity contribution in [3.8, 4) is 0 Å². The minimum atomic E-state index is -0.586. The van der Waals surface area contributed by atoms with Crippen LogP contribution in [0.5, 0.6) is 0 Å². The smallest absolute Gasteiger partial charge is 0.336 e. The fourth-order valence-electron chi connectivity index (χ4n) is 2.95. The maximum absolute atomic E-state index is 12.2. The summed E-state index contributed by atoms with van der Waals surface area (Å²) in [5.41, 5.74) is 2.56. The van der Waals surface area contributed by atoms with Gasteiger partial charge in [0, 0.05) is 11.5 Å². The zero-order chi connectivity index (χ0) is 20.3. The Morgan fingerprint density at radius 2 is 1.48 bits per heavy atom. The molecule has 0 saturated heterocycles. The fraction of sp³-hybridized carbons (Fsp3) is 0.739. The minimum Gasteiger partial charge on any atom is -0.336 e. The molecule has 0 aromatic rings. The number of nitrogens with one attached hydrogen (secondary N) is 1. The number of carbonyl (C=O) groups is 2. The Morgan fingerprint density at radius 3 is 2.04 bits per heavy atom. The lowest BCUT2D eigenvalue weighted by atomic mass is 9.95. The lowest BCUT2D eigenvalue weighted by Gasteiger charge is -2.15. The molecule has 156 valence electrons. The summed E-state index contributed by atoms with van der Waals surface area (Å²) in [5, 5.41) is 0. The number of allylic oxidation sites excluding steroid dienone is 2. The highest BCUT2D eigenvalue weighted by Crippen LogP contribution is 2.17. The second kappa shape index (κ2) is 17.8. The molecule has 1 atom stereocenters. The summed E-state index contributed by atoms with van der Waals surface area (Å²) in [5.74, 6) is -0.870. The van der Waals surface area contributed by atoms with E-state index in [0.717, 1.165) is 38.5 Å². The summed E-state index contributed by atoms with van der Waals surface area (Å²) in [7, 11) is 0. The standard InChI is InChI=1S/C23H41NO3/c1-5-7-8-9-10-11-12-13-14-15-16-17-19-21(18-6-2)22(25)24-27-23(26)20(3)4/h11-12,21H,3,5-10,13-19H2,1-2,4H3,(H,24,25)/b12-11-. The van der Waals surface area contributed by atoms with Gasteiger partial charge >= 0.3 is 5.97 Å². The Kier molecular flexibility index (Phi) is 16.8. The van der Waals surface area contributed by atoms with Crippen molar-refractivity contribution in [1.82, 2.24) is 5.48 Å². The molecule has 1 unspecified atom stereocenters. The summed E-state index contributed by atoms with van der Waals surface area (Å²) in [6.45, 7) is 9.36. The molecule has 0 saturated carbocycles. The maximum Gasteiger partial charge on any atom is 0.358 e. The maximum atomic E-state index is 12.2. The molecule has 0 aliphatic carbocycles. The van der Waals surface area contributed by atoms with Crippen LogP contribution in [0.3, 0.4) is 0 Å². The van der Waals surface area contributed by atoms with E-state index in [1.807, 2.05) is 0 Å². The second-order valence-electron chi connectivity index (χ2n) is 7.43. The second-order valence-corrected chi connectivity index (χ2v) is 7.43. The third kappa shape index (κ3) is 15.2. The molecule has 1 N–H and O–H groups in total. The van der Waals surface area contributed by atoms with Crippen LogP contribution < -0.4 is 5.48 Å². The van der Waals surface area contributed by atoms with Crippen LogP contribution in [-0.4, -0.2) is 11.9 Å². The first-order valence-corrected chi connectivity index (χ1v) is 10.8. The zero-order valence-corrected chi connectivity index (χ0v) is 17.9. The van der Waals surface area contributed by atoms with E-state index in [0.29, 0.717) is 0 Å². The van der Waals surface area contributed by atoms with E-state index in [4.69, 9.17) is 4.84 Å². The normalized spacial score (nSPS) is 12.1. The number of unbranched alkanes of at least 4 members (excludes halogenated alkanes) is 8. The van der Waals surface area contributed by atoms with Crippen LogP contribution in [0.15, 0.2) is 24.3 Å². The van der Waals surface area contributed by atoms with Gasteiger partial charge in [-0.2, -0.15) is 5.48 Å². The Labute approximate surface area is 166 Å². The number of carbonyl (C=O) groups excluding carboxylic acids is 2. The average molecular weight is 380 g/mol. The van der Waals surface area contributed by atoms with E-state index in [-0.39, 0.29) is 17.4 Å². The van der Waals surface area contributed by atoms with Gasteiger partial charge in [0.25, 0.3) is 5.91 Å². The van der Waals surface area contributed by atoms with Crippen molar-refractivity contribution >= 4 is 11.9 Å². The predicted octanol–water partition coefficient (Wildman–Crippen LogP) is 6.42. The minimum absolute atomic E-state index is 0.0871. The molecule has 0 fully saturated rings. The molecular formula is C23H41NO3. The number of hydrogen-bond acceptors (Lipinski definition) is 3. The van der Waals surface area contributed by atoms with Crippen molar-refractivity contribution in [2.24, 2.45) is 5.92 Å². The highest BCUT2D eigenvalue weighted by Gasteiger charge is 2.18. The van der Waals surface area contributed by atoms with E-state index in [1.165, 1.54) is 44.9 Å². The Balaban J connectivity index is 3.80. The lowest BCUT2D eigenvalue weighted by Crippen LogP contribution is -2.33. The molecule has 0 rings (SSSR count). The van der Waals surface area contributed by atoms with Gasteiger partial charge in [-0.05, 0) is 45.4 Å². The quantitative estimate of drug-likeness (QED) is 0.146. The Hall–Kier alpha value is -1.58. The molecule has 4 heteroatoms. The van der Waals surface area contributed by atoms with Gasteiger partial charge in [0.05, 0.1) is 0 Å². The molecule has 0 aliphatic rings. The summed E-state index contributed by atoms with van der Waals surface area (Å²) >= 11 is 0. The van der Waals surface area contributed by atoms with Gasteiger partial charge in [-0.3, -0.25) is 4.79 Å². The summed E-state index contributed by atoms with van der Waals surface area (Å²) in [4.78, 5) is 28.3. The van der Waals surface area contributed by atoms with Gasteiger partial charge < -0.3 is 4.84 Å². The highest BCUT2D eigenvalue weighted by atomic mass is 16.7. The first-order chi connectivity index (χ1) is 13.0. The zero-order valence-electron chi connectivity index (χ0n) is 17.9. The van der Waals surface area contributed by atoms with Gasteiger partial charge in [-0.25, -0.2) is 4.79 Å². The average Bonchev–Trinajstić information content (AvgIpc) is 2.65. The van der Waals surface area contributed by atoms with Crippen LogP contribution in [0.25, 0.3) is 0 Å². The number of rotatable bonds is 16.